The van der Waals surface area contributed by atoms with Gasteiger partial charge in [0.2, 0.25) is 0 Å². The molecular formula is C18H17N3O3. The molecule has 122 valence electrons. The van der Waals surface area contributed by atoms with Crippen molar-refractivity contribution in [2.24, 2.45) is 7.05 Å². The molecule has 6 nitrogen and oxygen atoms in total. The van der Waals surface area contributed by atoms with E-state index in [-0.39, 0.29) is 11.3 Å². The van der Waals surface area contributed by atoms with Crippen molar-refractivity contribution in [3.63, 3.8) is 0 Å². The van der Waals surface area contributed by atoms with Crippen LogP contribution in [-0.2, 0) is 13.6 Å². The average molecular weight is 323 g/mol. The Balaban J connectivity index is 1.78. The Hall–Kier alpha value is -3.15. The molecule has 1 amide bonds. The Labute approximate surface area is 138 Å². The molecule has 0 radical (unpaired) electrons. The minimum absolute atomic E-state index is 0.0686. The molecule has 2 aromatic carbocycles. The van der Waals surface area contributed by atoms with Crippen molar-refractivity contribution in [1.29, 1.82) is 0 Å². The molecule has 0 saturated carbocycles. The van der Waals surface area contributed by atoms with Gasteiger partial charge in [-0.15, -0.1) is 0 Å². The van der Waals surface area contributed by atoms with Crippen molar-refractivity contribution in [3.05, 3.63) is 75.5 Å². The molecule has 0 unspecified atom stereocenters. The van der Waals surface area contributed by atoms with Gasteiger partial charge >= 0.3 is 0 Å². The standard InChI is InChI=1S/C18H17N3O3/c1-12-9-14-10-13(7-8-16(14)20(12)2)11-19-18(22)15-5-3-4-6-17(15)21(23)24/h3-10H,11H2,1-2H3,(H,19,22). The molecule has 0 atom stereocenters. The summed E-state index contributed by atoms with van der Waals surface area (Å²) in [7, 11) is 2.01. The number of nitrogens with one attached hydrogen (secondary N) is 1. The summed E-state index contributed by atoms with van der Waals surface area (Å²) in [5.41, 5.74) is 3.11. The van der Waals surface area contributed by atoms with Gasteiger partial charge in [-0.1, -0.05) is 18.2 Å². The van der Waals surface area contributed by atoms with Crippen LogP contribution >= 0.6 is 0 Å². The average Bonchev–Trinajstić information content (AvgIpc) is 2.86. The van der Waals surface area contributed by atoms with E-state index in [0.717, 1.165) is 22.2 Å². The maximum atomic E-state index is 12.2. The second kappa shape index (κ2) is 6.16. The number of fused-ring (bicyclic) bond motifs is 1. The summed E-state index contributed by atoms with van der Waals surface area (Å²) in [4.78, 5) is 22.7. The van der Waals surface area contributed by atoms with E-state index in [1.54, 1.807) is 12.1 Å². The molecule has 3 rings (SSSR count). The van der Waals surface area contributed by atoms with E-state index < -0.39 is 10.8 Å². The van der Waals surface area contributed by atoms with Crippen LogP contribution in [0.15, 0.2) is 48.5 Å². The van der Waals surface area contributed by atoms with E-state index in [2.05, 4.69) is 16.0 Å². The normalized spacial score (nSPS) is 10.8. The molecule has 0 bridgehead atoms. The summed E-state index contributed by atoms with van der Waals surface area (Å²) in [5, 5.41) is 14.9. The first-order valence-electron chi connectivity index (χ1n) is 7.54. The number of rotatable bonds is 4. The number of benzene rings is 2. The van der Waals surface area contributed by atoms with Crippen molar-refractivity contribution >= 4 is 22.5 Å². The van der Waals surface area contributed by atoms with Gasteiger partial charge in [0, 0.05) is 36.3 Å². The number of para-hydroxylation sites is 1. The van der Waals surface area contributed by atoms with Gasteiger partial charge in [0.1, 0.15) is 5.56 Å². The van der Waals surface area contributed by atoms with E-state index in [1.165, 1.54) is 12.1 Å². The highest BCUT2D eigenvalue weighted by Crippen LogP contribution is 2.20. The van der Waals surface area contributed by atoms with Crippen molar-refractivity contribution < 1.29 is 9.72 Å². The third kappa shape index (κ3) is 2.86. The van der Waals surface area contributed by atoms with Crippen molar-refractivity contribution in [2.75, 3.05) is 0 Å². The van der Waals surface area contributed by atoms with Crippen LogP contribution in [0.1, 0.15) is 21.6 Å². The molecule has 0 aliphatic rings. The van der Waals surface area contributed by atoms with E-state index in [1.807, 2.05) is 32.2 Å². The predicted molar refractivity (Wildman–Crippen MR) is 91.9 cm³/mol. The van der Waals surface area contributed by atoms with E-state index in [0.29, 0.717) is 6.54 Å². The summed E-state index contributed by atoms with van der Waals surface area (Å²) in [6.07, 6.45) is 0. The second-order valence-corrected chi connectivity index (χ2v) is 5.69. The Morgan fingerprint density at radius 1 is 1.21 bits per heavy atom. The Bertz CT molecular complexity index is 944. The van der Waals surface area contributed by atoms with Crippen LogP contribution in [0.5, 0.6) is 0 Å². The minimum atomic E-state index is -0.548. The van der Waals surface area contributed by atoms with Crippen LogP contribution in [0, 0.1) is 17.0 Å². The Kier molecular flexibility index (Phi) is 4.04. The molecule has 1 aromatic heterocycles. The fourth-order valence-electron chi connectivity index (χ4n) is 2.75. The Morgan fingerprint density at radius 3 is 2.71 bits per heavy atom. The van der Waals surface area contributed by atoms with Crippen molar-refractivity contribution in [2.45, 2.75) is 13.5 Å². The highest BCUT2D eigenvalue weighted by Gasteiger charge is 2.18. The summed E-state index contributed by atoms with van der Waals surface area (Å²) < 4.78 is 2.10. The third-order valence-corrected chi connectivity index (χ3v) is 4.15. The first-order valence-corrected chi connectivity index (χ1v) is 7.54. The van der Waals surface area contributed by atoms with E-state index in [9.17, 15) is 14.9 Å². The maximum absolute atomic E-state index is 12.2. The molecule has 6 heteroatoms. The number of nitro benzene ring substituents is 1. The molecule has 3 aromatic rings. The lowest BCUT2D eigenvalue weighted by molar-refractivity contribution is -0.385. The number of carbonyl (C=O) groups is 1. The highest BCUT2D eigenvalue weighted by atomic mass is 16.6. The summed E-state index contributed by atoms with van der Waals surface area (Å²) in [6, 6.07) is 14.0. The lowest BCUT2D eigenvalue weighted by Crippen LogP contribution is -2.23. The van der Waals surface area contributed by atoms with Gasteiger partial charge in [0.25, 0.3) is 11.6 Å². The zero-order valence-corrected chi connectivity index (χ0v) is 13.4. The van der Waals surface area contributed by atoms with Crippen LogP contribution in [-0.4, -0.2) is 15.4 Å². The SMILES string of the molecule is Cc1cc2cc(CNC(=O)c3ccccc3[N+](=O)[O-])ccc2n1C. The number of hydrogen-bond donors (Lipinski definition) is 1. The molecule has 0 saturated heterocycles. The van der Waals surface area contributed by atoms with Crippen molar-refractivity contribution in [1.82, 2.24) is 9.88 Å². The Morgan fingerprint density at radius 2 is 1.96 bits per heavy atom. The topological polar surface area (TPSA) is 77.2 Å². The second-order valence-electron chi connectivity index (χ2n) is 5.69. The van der Waals surface area contributed by atoms with E-state index in [4.69, 9.17) is 0 Å². The maximum Gasteiger partial charge on any atom is 0.282 e. The number of nitrogens with zero attached hydrogens (tertiary/aromatic N) is 2. The van der Waals surface area contributed by atoms with Crippen LogP contribution in [0.25, 0.3) is 10.9 Å². The van der Waals surface area contributed by atoms with Gasteiger partial charge in [-0.25, -0.2) is 0 Å². The van der Waals surface area contributed by atoms with Crippen LogP contribution < -0.4 is 5.32 Å². The molecule has 1 heterocycles. The summed E-state index contributed by atoms with van der Waals surface area (Å²) in [6.45, 7) is 2.35. The zero-order valence-electron chi connectivity index (χ0n) is 13.4. The third-order valence-electron chi connectivity index (χ3n) is 4.15. The number of aryl methyl sites for hydroxylation is 2. The van der Waals surface area contributed by atoms with E-state index >= 15 is 0 Å². The fourth-order valence-corrected chi connectivity index (χ4v) is 2.75. The lowest BCUT2D eigenvalue weighted by Gasteiger charge is -2.07. The first kappa shape index (κ1) is 15.7. The van der Waals surface area contributed by atoms with Crippen molar-refractivity contribution in [3.8, 4) is 0 Å². The number of amides is 1. The largest absolute Gasteiger partial charge is 0.348 e. The zero-order chi connectivity index (χ0) is 17.3. The first-order chi connectivity index (χ1) is 11.5. The number of carbonyl (C=O) groups excluding carboxylic acids is 1. The summed E-state index contributed by atoms with van der Waals surface area (Å²) in [5.74, 6) is -0.452. The lowest BCUT2D eigenvalue weighted by atomic mass is 10.1. The molecule has 0 fully saturated rings. The monoisotopic (exact) mass is 323 g/mol. The number of aromatic nitrogens is 1. The van der Waals surface area contributed by atoms with Gasteiger partial charge in [0.15, 0.2) is 0 Å². The smallest absolute Gasteiger partial charge is 0.282 e. The van der Waals surface area contributed by atoms with Gasteiger partial charge in [-0.3, -0.25) is 14.9 Å². The molecule has 24 heavy (non-hydrogen) atoms. The molecule has 0 spiro atoms. The van der Waals surface area contributed by atoms with Gasteiger partial charge < -0.3 is 9.88 Å². The summed E-state index contributed by atoms with van der Waals surface area (Å²) >= 11 is 0. The molecule has 1 N–H and O–H groups in total. The fraction of sp³-hybridized carbons (Fsp3) is 0.167. The number of nitro groups is 1. The van der Waals surface area contributed by atoms with Gasteiger partial charge in [0.05, 0.1) is 4.92 Å². The predicted octanol–water partition coefficient (Wildman–Crippen LogP) is 3.32. The van der Waals surface area contributed by atoms with Crippen LogP contribution in [0.2, 0.25) is 0 Å². The molecular weight excluding hydrogens is 306 g/mol. The molecule has 0 aliphatic heterocycles. The van der Waals surface area contributed by atoms with Gasteiger partial charge in [-0.2, -0.15) is 0 Å². The molecule has 0 aliphatic carbocycles. The van der Waals surface area contributed by atoms with Crippen LogP contribution in [0.3, 0.4) is 0 Å². The minimum Gasteiger partial charge on any atom is -0.348 e. The highest BCUT2D eigenvalue weighted by molar-refractivity contribution is 5.98. The van der Waals surface area contributed by atoms with Crippen LogP contribution in [0.4, 0.5) is 5.69 Å². The van der Waals surface area contributed by atoms with Gasteiger partial charge in [-0.05, 0) is 36.8 Å². The number of hydrogen-bond acceptors (Lipinski definition) is 3. The quantitative estimate of drug-likeness (QED) is 0.591.